The Morgan fingerprint density at radius 1 is 1.35 bits per heavy atom. The maximum atomic E-state index is 11.7. The normalized spacial score (nSPS) is 15.1. The highest BCUT2D eigenvalue weighted by molar-refractivity contribution is 5.82. The quantitative estimate of drug-likeness (QED) is 0.782. The Morgan fingerprint density at radius 2 is 1.94 bits per heavy atom. The van der Waals surface area contributed by atoms with E-state index in [1.807, 2.05) is 19.9 Å². The average Bonchev–Trinajstić information content (AvgIpc) is 2.27. The Morgan fingerprint density at radius 3 is 2.41 bits per heavy atom. The van der Waals surface area contributed by atoms with Crippen LogP contribution < -0.4 is 5.73 Å². The third kappa shape index (κ3) is 2.26. The zero-order valence-electron chi connectivity index (χ0n) is 10.7. The lowest BCUT2D eigenvalue weighted by Gasteiger charge is -2.39. The molecule has 1 aromatic rings. The van der Waals surface area contributed by atoms with Crippen molar-refractivity contribution in [3.05, 3.63) is 29.8 Å². The van der Waals surface area contributed by atoms with Crippen LogP contribution in [0.25, 0.3) is 0 Å². The van der Waals surface area contributed by atoms with Crippen LogP contribution in [0, 0.1) is 0 Å². The van der Waals surface area contributed by atoms with E-state index in [4.69, 9.17) is 10.5 Å². The van der Waals surface area contributed by atoms with Crippen LogP contribution in [0.2, 0.25) is 0 Å². The Balaban J connectivity index is 3.23. The first-order valence-corrected chi connectivity index (χ1v) is 5.40. The smallest absolute Gasteiger partial charge is 0.326 e. The topological polar surface area (TPSA) is 72.5 Å². The number of hydrogen-bond acceptors (Lipinski definition) is 4. The zero-order chi connectivity index (χ0) is 13.3. The number of hydrogen-bond donors (Lipinski definition) is 2. The lowest BCUT2D eigenvalue weighted by molar-refractivity contribution is -0.148. The van der Waals surface area contributed by atoms with Crippen molar-refractivity contribution in [2.75, 3.05) is 7.11 Å². The standard InChI is InChI=1S/C13H19NO3/c1-12(2,13(3,14)11(16)17-4)9-6-5-7-10(15)8-9/h5-8,15H,14H2,1-4H3. The van der Waals surface area contributed by atoms with Gasteiger partial charge in [0.15, 0.2) is 0 Å². The minimum absolute atomic E-state index is 0.149. The van der Waals surface area contributed by atoms with Gasteiger partial charge in [-0.1, -0.05) is 26.0 Å². The molecule has 0 aliphatic heterocycles. The predicted molar refractivity (Wildman–Crippen MR) is 65.7 cm³/mol. The molecular weight excluding hydrogens is 218 g/mol. The predicted octanol–water partition coefficient (Wildman–Crippen LogP) is 1.56. The first kappa shape index (κ1) is 13.5. The number of ether oxygens (including phenoxy) is 1. The minimum Gasteiger partial charge on any atom is -0.508 e. The summed E-state index contributed by atoms with van der Waals surface area (Å²) >= 11 is 0. The Labute approximate surface area is 101 Å². The molecule has 0 aromatic heterocycles. The van der Waals surface area contributed by atoms with Crippen molar-refractivity contribution in [1.82, 2.24) is 0 Å². The van der Waals surface area contributed by atoms with E-state index in [-0.39, 0.29) is 5.75 Å². The van der Waals surface area contributed by atoms with Crippen LogP contribution >= 0.6 is 0 Å². The molecule has 0 radical (unpaired) electrons. The summed E-state index contributed by atoms with van der Waals surface area (Å²) in [5, 5.41) is 9.48. The molecule has 17 heavy (non-hydrogen) atoms. The number of aromatic hydroxyl groups is 1. The fraction of sp³-hybridized carbons (Fsp3) is 0.462. The number of esters is 1. The van der Waals surface area contributed by atoms with Crippen LogP contribution in [-0.4, -0.2) is 23.7 Å². The van der Waals surface area contributed by atoms with Gasteiger partial charge in [0.2, 0.25) is 0 Å². The van der Waals surface area contributed by atoms with E-state index in [9.17, 15) is 9.90 Å². The highest BCUT2D eigenvalue weighted by Gasteiger charge is 2.46. The first-order valence-electron chi connectivity index (χ1n) is 5.40. The molecule has 0 spiro atoms. The Bertz CT molecular complexity index is 424. The monoisotopic (exact) mass is 237 g/mol. The molecule has 3 N–H and O–H groups in total. The van der Waals surface area contributed by atoms with E-state index >= 15 is 0 Å². The summed E-state index contributed by atoms with van der Waals surface area (Å²) in [6.45, 7) is 5.32. The van der Waals surface area contributed by atoms with Crippen molar-refractivity contribution in [1.29, 1.82) is 0 Å². The van der Waals surface area contributed by atoms with Gasteiger partial charge in [-0.05, 0) is 24.6 Å². The molecule has 0 bridgehead atoms. The van der Waals surface area contributed by atoms with Gasteiger partial charge in [-0.15, -0.1) is 0 Å². The molecule has 0 saturated carbocycles. The number of phenols is 1. The summed E-state index contributed by atoms with van der Waals surface area (Å²) in [6.07, 6.45) is 0. The van der Waals surface area contributed by atoms with Crippen molar-refractivity contribution in [2.45, 2.75) is 31.7 Å². The van der Waals surface area contributed by atoms with E-state index in [1.165, 1.54) is 7.11 Å². The summed E-state index contributed by atoms with van der Waals surface area (Å²) in [5.74, 6) is -0.331. The molecule has 1 aromatic carbocycles. The second-order valence-electron chi connectivity index (χ2n) is 4.87. The van der Waals surface area contributed by atoms with Crippen LogP contribution in [0.1, 0.15) is 26.3 Å². The van der Waals surface area contributed by atoms with Crippen LogP contribution in [0.4, 0.5) is 0 Å². The van der Waals surface area contributed by atoms with Gasteiger partial charge in [0.05, 0.1) is 7.11 Å². The number of carbonyl (C=O) groups excluding carboxylic acids is 1. The summed E-state index contributed by atoms with van der Waals surface area (Å²) in [5.41, 5.74) is 5.03. The van der Waals surface area contributed by atoms with Crippen LogP contribution in [0.3, 0.4) is 0 Å². The molecule has 0 aliphatic rings. The molecule has 0 saturated heterocycles. The van der Waals surface area contributed by atoms with Crippen LogP contribution in [0.5, 0.6) is 5.75 Å². The number of nitrogens with two attached hydrogens (primary N) is 1. The lowest BCUT2D eigenvalue weighted by atomic mass is 9.69. The third-order valence-electron chi connectivity index (χ3n) is 3.48. The van der Waals surface area contributed by atoms with E-state index in [0.29, 0.717) is 0 Å². The summed E-state index contributed by atoms with van der Waals surface area (Å²) in [7, 11) is 1.31. The Kier molecular flexibility index (Phi) is 3.48. The molecule has 94 valence electrons. The van der Waals surface area contributed by atoms with Crippen molar-refractivity contribution < 1.29 is 14.6 Å². The van der Waals surface area contributed by atoms with Gasteiger partial charge in [-0.3, -0.25) is 4.79 Å². The molecule has 1 atom stereocenters. The molecule has 0 heterocycles. The molecule has 0 fully saturated rings. The highest BCUT2D eigenvalue weighted by Crippen LogP contribution is 2.35. The Hall–Kier alpha value is -1.55. The van der Waals surface area contributed by atoms with Gasteiger partial charge in [0.1, 0.15) is 11.3 Å². The highest BCUT2D eigenvalue weighted by atomic mass is 16.5. The number of methoxy groups -OCH3 is 1. The molecule has 4 heteroatoms. The SMILES string of the molecule is COC(=O)C(C)(N)C(C)(C)c1cccc(O)c1. The number of carbonyl (C=O) groups is 1. The average molecular weight is 237 g/mol. The van der Waals surface area contributed by atoms with Crippen molar-refractivity contribution in [2.24, 2.45) is 5.73 Å². The van der Waals surface area contributed by atoms with Gasteiger partial charge in [-0.25, -0.2) is 0 Å². The third-order valence-corrected chi connectivity index (χ3v) is 3.48. The lowest BCUT2D eigenvalue weighted by Crippen LogP contribution is -2.59. The van der Waals surface area contributed by atoms with Gasteiger partial charge in [-0.2, -0.15) is 0 Å². The first-order chi connectivity index (χ1) is 7.73. The number of phenolic OH excluding ortho intramolecular Hbond substituents is 1. The number of rotatable bonds is 3. The number of benzene rings is 1. The van der Waals surface area contributed by atoms with E-state index in [0.717, 1.165) is 5.56 Å². The summed E-state index contributed by atoms with van der Waals surface area (Å²) in [4.78, 5) is 11.7. The van der Waals surface area contributed by atoms with Crippen molar-refractivity contribution in [3.63, 3.8) is 0 Å². The molecule has 0 amide bonds. The van der Waals surface area contributed by atoms with Gasteiger partial charge in [0, 0.05) is 5.41 Å². The fourth-order valence-corrected chi connectivity index (χ4v) is 1.66. The van der Waals surface area contributed by atoms with Crippen LogP contribution in [-0.2, 0) is 14.9 Å². The maximum absolute atomic E-state index is 11.7. The second kappa shape index (κ2) is 4.37. The largest absolute Gasteiger partial charge is 0.508 e. The molecule has 0 aliphatic carbocycles. The van der Waals surface area contributed by atoms with Gasteiger partial charge >= 0.3 is 5.97 Å². The summed E-state index contributed by atoms with van der Waals surface area (Å²) in [6, 6.07) is 6.73. The van der Waals surface area contributed by atoms with E-state index < -0.39 is 16.9 Å². The minimum atomic E-state index is -1.17. The molecule has 1 unspecified atom stereocenters. The molecule has 1 rings (SSSR count). The van der Waals surface area contributed by atoms with E-state index in [2.05, 4.69) is 0 Å². The van der Waals surface area contributed by atoms with Crippen molar-refractivity contribution >= 4 is 5.97 Å². The van der Waals surface area contributed by atoms with E-state index in [1.54, 1.807) is 25.1 Å². The van der Waals surface area contributed by atoms with Gasteiger partial charge in [0.25, 0.3) is 0 Å². The molecule has 4 nitrogen and oxygen atoms in total. The molecular formula is C13H19NO3. The van der Waals surface area contributed by atoms with Crippen LogP contribution in [0.15, 0.2) is 24.3 Å². The summed E-state index contributed by atoms with van der Waals surface area (Å²) < 4.78 is 4.73. The zero-order valence-corrected chi connectivity index (χ0v) is 10.7. The second-order valence-corrected chi connectivity index (χ2v) is 4.87. The van der Waals surface area contributed by atoms with Crippen molar-refractivity contribution in [3.8, 4) is 5.75 Å². The fourth-order valence-electron chi connectivity index (χ4n) is 1.66. The maximum Gasteiger partial charge on any atom is 0.326 e. The van der Waals surface area contributed by atoms with Gasteiger partial charge < -0.3 is 15.6 Å².